The molecule has 1 aromatic carbocycles. The molecule has 0 spiro atoms. The van der Waals surface area contributed by atoms with Gasteiger partial charge in [0, 0.05) is 20.1 Å². The molecule has 24 heavy (non-hydrogen) atoms. The van der Waals surface area contributed by atoms with E-state index >= 15 is 0 Å². The van der Waals surface area contributed by atoms with Crippen LogP contribution in [0, 0.1) is 5.82 Å². The van der Waals surface area contributed by atoms with Crippen molar-refractivity contribution in [2.24, 2.45) is 4.99 Å². The first-order valence-corrected chi connectivity index (χ1v) is 8.72. The minimum absolute atomic E-state index is 0.336. The van der Waals surface area contributed by atoms with Crippen molar-refractivity contribution in [3.63, 3.8) is 0 Å². The number of phenolic OH excluding ortho intramolecular Hbond substituents is 1. The van der Waals surface area contributed by atoms with Crippen LogP contribution in [0.2, 0.25) is 0 Å². The van der Waals surface area contributed by atoms with Crippen LogP contribution in [0.1, 0.15) is 44.1 Å². The predicted molar refractivity (Wildman–Crippen MR) is 93.7 cm³/mol. The van der Waals surface area contributed by atoms with Gasteiger partial charge in [0.05, 0.1) is 12.7 Å². The van der Waals surface area contributed by atoms with Crippen LogP contribution in [0.5, 0.6) is 5.75 Å². The summed E-state index contributed by atoms with van der Waals surface area (Å²) < 4.78 is 19.2. The Bertz CT molecular complexity index is 529. The third kappa shape index (κ3) is 6.35. The molecule has 0 saturated heterocycles. The molecule has 3 N–H and O–H groups in total. The first-order chi connectivity index (χ1) is 11.7. The van der Waals surface area contributed by atoms with Gasteiger partial charge in [0.15, 0.2) is 17.5 Å². The monoisotopic (exact) mass is 337 g/mol. The number of hydrogen-bond donors (Lipinski definition) is 3. The van der Waals surface area contributed by atoms with Crippen LogP contribution in [0.4, 0.5) is 4.39 Å². The molecule has 5 nitrogen and oxygen atoms in total. The zero-order valence-corrected chi connectivity index (χ0v) is 14.4. The van der Waals surface area contributed by atoms with E-state index in [0.29, 0.717) is 31.8 Å². The highest BCUT2D eigenvalue weighted by atomic mass is 19.1. The van der Waals surface area contributed by atoms with Crippen molar-refractivity contribution in [3.05, 3.63) is 29.6 Å². The first-order valence-electron chi connectivity index (χ1n) is 8.72. The largest absolute Gasteiger partial charge is 0.505 e. The third-order valence-corrected chi connectivity index (χ3v) is 4.25. The van der Waals surface area contributed by atoms with Gasteiger partial charge in [0.25, 0.3) is 0 Å². The summed E-state index contributed by atoms with van der Waals surface area (Å²) in [5.41, 5.74) is 0.739. The van der Waals surface area contributed by atoms with Crippen LogP contribution in [0.3, 0.4) is 0 Å². The van der Waals surface area contributed by atoms with E-state index in [1.807, 2.05) is 0 Å². The van der Waals surface area contributed by atoms with E-state index < -0.39 is 5.82 Å². The number of aromatic hydroxyl groups is 1. The van der Waals surface area contributed by atoms with E-state index in [0.717, 1.165) is 5.56 Å². The van der Waals surface area contributed by atoms with Crippen LogP contribution < -0.4 is 10.6 Å². The number of phenols is 1. The number of rotatable bonds is 6. The zero-order chi connectivity index (χ0) is 17.2. The van der Waals surface area contributed by atoms with Crippen LogP contribution in [0.15, 0.2) is 23.2 Å². The van der Waals surface area contributed by atoms with Crippen LogP contribution in [-0.2, 0) is 11.3 Å². The lowest BCUT2D eigenvalue weighted by atomic mass is 10.1. The fourth-order valence-corrected chi connectivity index (χ4v) is 2.87. The number of nitrogens with one attached hydrogen (secondary N) is 2. The predicted octanol–water partition coefficient (Wildman–Crippen LogP) is 2.94. The molecule has 0 atom stereocenters. The maximum Gasteiger partial charge on any atom is 0.191 e. The van der Waals surface area contributed by atoms with Gasteiger partial charge in [0.1, 0.15) is 0 Å². The number of halogens is 1. The number of guanidine groups is 1. The SMILES string of the molecule is CN=C(NCCOC1CCCCCC1)NCc1ccc(O)c(F)c1. The molecule has 1 aromatic rings. The molecular formula is C18H28FN3O2. The molecule has 1 aliphatic rings. The maximum atomic E-state index is 13.3. The Hall–Kier alpha value is -1.82. The van der Waals surface area contributed by atoms with Crippen LogP contribution in [-0.4, -0.2) is 37.4 Å². The molecule has 0 unspecified atom stereocenters. The van der Waals surface area contributed by atoms with Crippen molar-refractivity contribution < 1.29 is 14.2 Å². The molecule has 1 saturated carbocycles. The number of hydrogen-bond acceptors (Lipinski definition) is 3. The number of ether oxygens (including phenoxy) is 1. The second-order valence-corrected chi connectivity index (χ2v) is 6.12. The Labute approximate surface area is 143 Å². The Morgan fingerprint density at radius 3 is 2.67 bits per heavy atom. The molecule has 1 aliphatic carbocycles. The summed E-state index contributed by atoms with van der Waals surface area (Å²) in [4.78, 5) is 4.14. The average Bonchev–Trinajstić information content (AvgIpc) is 2.86. The molecule has 0 amide bonds. The van der Waals surface area contributed by atoms with Gasteiger partial charge in [-0.25, -0.2) is 4.39 Å². The molecule has 0 aromatic heterocycles. The molecule has 0 heterocycles. The minimum atomic E-state index is -0.617. The van der Waals surface area contributed by atoms with E-state index in [-0.39, 0.29) is 5.75 Å². The summed E-state index contributed by atoms with van der Waals surface area (Å²) in [6.45, 7) is 1.76. The summed E-state index contributed by atoms with van der Waals surface area (Å²) >= 11 is 0. The van der Waals surface area contributed by atoms with Crippen molar-refractivity contribution in [3.8, 4) is 5.75 Å². The summed E-state index contributed by atoms with van der Waals surface area (Å²) in [5, 5.41) is 15.5. The highest BCUT2D eigenvalue weighted by molar-refractivity contribution is 5.79. The van der Waals surface area contributed by atoms with E-state index in [4.69, 9.17) is 4.74 Å². The smallest absolute Gasteiger partial charge is 0.191 e. The lowest BCUT2D eigenvalue weighted by Gasteiger charge is -2.17. The third-order valence-electron chi connectivity index (χ3n) is 4.25. The van der Waals surface area contributed by atoms with Crippen molar-refractivity contribution in [1.82, 2.24) is 10.6 Å². The van der Waals surface area contributed by atoms with Crippen molar-refractivity contribution in [2.45, 2.75) is 51.2 Å². The summed E-state index contributed by atoms with van der Waals surface area (Å²) in [6, 6.07) is 4.34. The van der Waals surface area contributed by atoms with E-state index in [2.05, 4.69) is 15.6 Å². The van der Waals surface area contributed by atoms with Crippen molar-refractivity contribution in [2.75, 3.05) is 20.2 Å². The quantitative estimate of drug-likeness (QED) is 0.323. The lowest BCUT2D eigenvalue weighted by Crippen LogP contribution is -2.38. The fourth-order valence-electron chi connectivity index (χ4n) is 2.87. The summed E-state index contributed by atoms with van der Waals surface area (Å²) in [5.74, 6) is -0.307. The number of nitrogens with zero attached hydrogens (tertiary/aromatic N) is 1. The van der Waals surface area contributed by atoms with Gasteiger partial charge in [-0.1, -0.05) is 31.7 Å². The standard InChI is InChI=1S/C18H28FN3O2/c1-20-18(22-13-14-8-9-17(23)16(19)12-14)21-10-11-24-15-6-4-2-3-5-7-15/h8-9,12,15,23H,2-7,10-11,13H2,1H3,(H2,20,21,22). The van der Waals surface area contributed by atoms with Gasteiger partial charge in [-0.2, -0.15) is 0 Å². The fraction of sp³-hybridized carbons (Fsp3) is 0.611. The van der Waals surface area contributed by atoms with E-state index in [1.54, 1.807) is 13.1 Å². The van der Waals surface area contributed by atoms with Crippen LogP contribution in [0.25, 0.3) is 0 Å². The Kier molecular flexibility index (Phi) is 7.82. The first kappa shape index (κ1) is 18.5. The van der Waals surface area contributed by atoms with Gasteiger partial charge in [-0.3, -0.25) is 4.99 Å². The van der Waals surface area contributed by atoms with Crippen molar-refractivity contribution in [1.29, 1.82) is 0 Å². The summed E-state index contributed by atoms with van der Waals surface area (Å²) in [6.07, 6.45) is 7.91. The molecule has 134 valence electrons. The minimum Gasteiger partial charge on any atom is -0.505 e. The highest BCUT2D eigenvalue weighted by Gasteiger charge is 2.12. The number of benzene rings is 1. The van der Waals surface area contributed by atoms with Crippen LogP contribution >= 0.6 is 0 Å². The van der Waals surface area contributed by atoms with Gasteiger partial charge in [-0.05, 0) is 30.5 Å². The molecule has 1 fully saturated rings. The van der Waals surface area contributed by atoms with Gasteiger partial charge >= 0.3 is 0 Å². The van der Waals surface area contributed by atoms with Gasteiger partial charge < -0.3 is 20.5 Å². The number of aliphatic imine (C=N–C) groups is 1. The lowest BCUT2D eigenvalue weighted by molar-refractivity contribution is 0.0468. The zero-order valence-electron chi connectivity index (χ0n) is 14.4. The van der Waals surface area contributed by atoms with Gasteiger partial charge in [-0.15, -0.1) is 0 Å². The second kappa shape index (κ2) is 10.1. The second-order valence-electron chi connectivity index (χ2n) is 6.12. The Morgan fingerprint density at radius 2 is 2.00 bits per heavy atom. The molecule has 2 rings (SSSR count). The maximum absolute atomic E-state index is 13.3. The molecule has 0 bridgehead atoms. The molecule has 0 aliphatic heterocycles. The topological polar surface area (TPSA) is 65.9 Å². The van der Waals surface area contributed by atoms with Gasteiger partial charge in [0.2, 0.25) is 0 Å². The van der Waals surface area contributed by atoms with Crippen molar-refractivity contribution >= 4 is 5.96 Å². The Balaban J connectivity index is 1.65. The van der Waals surface area contributed by atoms with E-state index in [1.165, 1.54) is 50.7 Å². The normalized spacial score (nSPS) is 16.7. The Morgan fingerprint density at radius 1 is 1.25 bits per heavy atom. The molecule has 0 radical (unpaired) electrons. The van der Waals surface area contributed by atoms with E-state index in [9.17, 15) is 9.50 Å². The average molecular weight is 337 g/mol. The molecular weight excluding hydrogens is 309 g/mol. The highest BCUT2D eigenvalue weighted by Crippen LogP contribution is 2.19. The molecule has 6 heteroatoms. The summed E-state index contributed by atoms with van der Waals surface area (Å²) in [7, 11) is 1.69.